The number of carbonyl (C=O) groups is 2. The standard InChI is InChI=1S/C19H18F3N3O2/c1-17(2)10-18(6-13(7-23)15(17)26)3-4-25(11-18)16(27)12-5-14(9-24-8-12)19(20,21)22/h5-6,8-9H,3-4,10-11H2,1-2H3/t18-/m0/s1. The molecule has 8 heteroatoms. The second kappa shape index (κ2) is 6.19. The van der Waals surface area contributed by atoms with Gasteiger partial charge in [-0.3, -0.25) is 14.6 Å². The molecule has 2 aliphatic rings. The molecule has 27 heavy (non-hydrogen) atoms. The van der Waals surface area contributed by atoms with Gasteiger partial charge in [0.2, 0.25) is 0 Å². The van der Waals surface area contributed by atoms with Crippen molar-refractivity contribution in [3.63, 3.8) is 0 Å². The maximum absolute atomic E-state index is 12.9. The van der Waals surface area contributed by atoms with Gasteiger partial charge in [0.05, 0.1) is 16.7 Å². The Kier molecular flexibility index (Phi) is 4.37. The van der Waals surface area contributed by atoms with Crippen molar-refractivity contribution in [2.24, 2.45) is 10.8 Å². The van der Waals surface area contributed by atoms with E-state index in [0.717, 1.165) is 12.3 Å². The lowest BCUT2D eigenvalue weighted by Gasteiger charge is -2.38. The topological polar surface area (TPSA) is 74.1 Å². The number of nitriles is 1. The molecular weight excluding hydrogens is 359 g/mol. The Hall–Kier alpha value is -2.69. The van der Waals surface area contributed by atoms with Crippen molar-refractivity contribution in [3.05, 3.63) is 41.2 Å². The SMILES string of the molecule is CC1(C)C[C@@]2(C=C(C#N)C1=O)CCN(C(=O)c1cncc(C(F)(F)F)c1)C2. The van der Waals surface area contributed by atoms with Crippen LogP contribution in [0, 0.1) is 22.2 Å². The van der Waals surface area contributed by atoms with E-state index in [9.17, 15) is 28.0 Å². The van der Waals surface area contributed by atoms with Crippen molar-refractivity contribution in [2.75, 3.05) is 13.1 Å². The van der Waals surface area contributed by atoms with Crippen LogP contribution < -0.4 is 0 Å². The van der Waals surface area contributed by atoms with E-state index in [0.29, 0.717) is 25.6 Å². The average molecular weight is 377 g/mol. The highest BCUT2D eigenvalue weighted by Gasteiger charge is 2.49. The molecule has 0 bridgehead atoms. The minimum atomic E-state index is -4.58. The van der Waals surface area contributed by atoms with Gasteiger partial charge in [-0.1, -0.05) is 19.9 Å². The normalized spacial score (nSPS) is 24.7. The molecule has 5 nitrogen and oxygen atoms in total. The molecule has 1 spiro atoms. The number of rotatable bonds is 1. The van der Waals surface area contributed by atoms with Crippen LogP contribution >= 0.6 is 0 Å². The van der Waals surface area contributed by atoms with E-state index in [4.69, 9.17) is 0 Å². The third kappa shape index (κ3) is 3.46. The minimum Gasteiger partial charge on any atom is -0.338 e. The minimum absolute atomic E-state index is 0.0845. The Morgan fingerprint density at radius 3 is 2.67 bits per heavy atom. The van der Waals surface area contributed by atoms with Crippen LogP contribution in [0.2, 0.25) is 0 Å². The molecular formula is C19H18F3N3O2. The number of amides is 1. The summed E-state index contributed by atoms with van der Waals surface area (Å²) in [6, 6.07) is 2.73. The maximum Gasteiger partial charge on any atom is 0.417 e. The van der Waals surface area contributed by atoms with Crippen LogP contribution in [0.15, 0.2) is 30.1 Å². The molecule has 1 aliphatic carbocycles. The van der Waals surface area contributed by atoms with Gasteiger partial charge in [-0.2, -0.15) is 18.4 Å². The number of hydrogen-bond donors (Lipinski definition) is 0. The van der Waals surface area contributed by atoms with Crippen molar-refractivity contribution < 1.29 is 22.8 Å². The Morgan fingerprint density at radius 1 is 1.33 bits per heavy atom. The molecule has 1 aliphatic heterocycles. The van der Waals surface area contributed by atoms with E-state index in [2.05, 4.69) is 4.98 Å². The number of allylic oxidation sites excluding steroid dienone is 1. The Labute approximate surface area is 154 Å². The fourth-order valence-electron chi connectivity index (χ4n) is 4.06. The summed E-state index contributed by atoms with van der Waals surface area (Å²) in [5.41, 5.74) is -2.26. The zero-order valence-corrected chi connectivity index (χ0v) is 14.9. The lowest BCUT2D eigenvalue weighted by Crippen LogP contribution is -2.40. The van der Waals surface area contributed by atoms with Crippen molar-refractivity contribution in [2.45, 2.75) is 32.9 Å². The van der Waals surface area contributed by atoms with Crippen LogP contribution in [0.25, 0.3) is 0 Å². The van der Waals surface area contributed by atoms with E-state index in [1.165, 1.54) is 4.90 Å². The highest BCUT2D eigenvalue weighted by atomic mass is 19.4. The van der Waals surface area contributed by atoms with Crippen LogP contribution in [-0.4, -0.2) is 34.7 Å². The summed E-state index contributed by atoms with van der Waals surface area (Å²) in [5.74, 6) is -0.755. The predicted molar refractivity (Wildman–Crippen MR) is 89.3 cm³/mol. The second-order valence-corrected chi connectivity index (χ2v) is 7.86. The number of pyridine rings is 1. The van der Waals surface area contributed by atoms with Crippen LogP contribution in [0.1, 0.15) is 42.6 Å². The Morgan fingerprint density at radius 2 is 2.04 bits per heavy atom. The van der Waals surface area contributed by atoms with Crippen molar-refractivity contribution in [1.82, 2.24) is 9.88 Å². The molecule has 3 rings (SSSR count). The number of nitrogens with zero attached hydrogens (tertiary/aromatic N) is 3. The highest BCUT2D eigenvalue weighted by molar-refractivity contribution is 6.03. The fourth-order valence-corrected chi connectivity index (χ4v) is 4.06. The maximum atomic E-state index is 12.9. The third-order valence-electron chi connectivity index (χ3n) is 5.21. The fraction of sp³-hybridized carbons (Fsp3) is 0.474. The van der Waals surface area contributed by atoms with Crippen LogP contribution in [0.4, 0.5) is 13.2 Å². The molecule has 2 heterocycles. The lowest BCUT2D eigenvalue weighted by atomic mass is 9.64. The zero-order valence-electron chi connectivity index (χ0n) is 14.9. The molecule has 1 aromatic rings. The molecule has 1 atom stereocenters. The number of hydrogen-bond acceptors (Lipinski definition) is 4. The van der Waals surface area contributed by atoms with Gasteiger partial charge in [0.1, 0.15) is 6.07 Å². The average Bonchev–Trinajstić information content (AvgIpc) is 2.99. The molecule has 0 N–H and O–H groups in total. The van der Waals surface area contributed by atoms with Gasteiger partial charge in [-0.05, 0) is 18.9 Å². The number of ketones is 1. The van der Waals surface area contributed by atoms with Crippen molar-refractivity contribution in [1.29, 1.82) is 5.26 Å². The van der Waals surface area contributed by atoms with E-state index in [1.54, 1.807) is 19.9 Å². The largest absolute Gasteiger partial charge is 0.417 e. The smallest absolute Gasteiger partial charge is 0.338 e. The summed E-state index contributed by atoms with van der Waals surface area (Å²) >= 11 is 0. The molecule has 142 valence electrons. The third-order valence-corrected chi connectivity index (χ3v) is 5.21. The summed E-state index contributed by atoms with van der Waals surface area (Å²) < 4.78 is 38.6. The van der Waals surface area contributed by atoms with Crippen LogP contribution in [0.5, 0.6) is 0 Å². The number of alkyl halides is 3. The second-order valence-electron chi connectivity index (χ2n) is 7.86. The zero-order chi connectivity index (χ0) is 20.0. The van der Waals surface area contributed by atoms with Crippen LogP contribution in [-0.2, 0) is 11.0 Å². The van der Waals surface area contributed by atoms with E-state index in [-0.39, 0.29) is 23.5 Å². The monoisotopic (exact) mass is 377 g/mol. The quantitative estimate of drug-likeness (QED) is 0.752. The van der Waals surface area contributed by atoms with Gasteiger partial charge in [-0.25, -0.2) is 0 Å². The molecule has 0 saturated carbocycles. The van der Waals surface area contributed by atoms with Gasteiger partial charge >= 0.3 is 6.18 Å². The van der Waals surface area contributed by atoms with Crippen LogP contribution in [0.3, 0.4) is 0 Å². The molecule has 1 amide bonds. The van der Waals surface area contributed by atoms with Gasteiger partial charge in [0.25, 0.3) is 5.91 Å². The molecule has 1 saturated heterocycles. The summed E-state index contributed by atoms with van der Waals surface area (Å²) in [5, 5.41) is 9.26. The van der Waals surface area contributed by atoms with Gasteiger partial charge in [-0.15, -0.1) is 0 Å². The van der Waals surface area contributed by atoms with E-state index < -0.39 is 28.5 Å². The van der Waals surface area contributed by atoms with E-state index >= 15 is 0 Å². The summed E-state index contributed by atoms with van der Waals surface area (Å²) in [4.78, 5) is 30.0. The molecule has 1 aromatic heterocycles. The summed E-state index contributed by atoms with van der Waals surface area (Å²) in [6.07, 6.45) is -0.111. The predicted octanol–water partition coefficient (Wildman–Crippen LogP) is 3.38. The first-order valence-corrected chi connectivity index (χ1v) is 8.47. The van der Waals surface area contributed by atoms with Gasteiger partial charge < -0.3 is 4.90 Å². The van der Waals surface area contributed by atoms with Gasteiger partial charge in [0.15, 0.2) is 5.78 Å². The lowest BCUT2D eigenvalue weighted by molar-refractivity contribution is -0.137. The van der Waals surface area contributed by atoms with Crippen molar-refractivity contribution >= 4 is 11.7 Å². The first-order chi connectivity index (χ1) is 12.5. The Balaban J connectivity index is 1.86. The first kappa shape index (κ1) is 19.1. The Bertz CT molecular complexity index is 883. The number of aromatic nitrogens is 1. The number of halogens is 3. The van der Waals surface area contributed by atoms with Gasteiger partial charge in [0, 0.05) is 36.3 Å². The first-order valence-electron chi connectivity index (χ1n) is 8.47. The summed E-state index contributed by atoms with van der Waals surface area (Å²) in [6.45, 7) is 4.13. The highest BCUT2D eigenvalue weighted by Crippen LogP contribution is 2.48. The van der Waals surface area contributed by atoms with Crippen molar-refractivity contribution in [3.8, 4) is 6.07 Å². The molecule has 0 radical (unpaired) electrons. The number of likely N-dealkylation sites (tertiary alicyclic amines) is 1. The van der Waals surface area contributed by atoms with E-state index in [1.807, 2.05) is 6.07 Å². The molecule has 1 fully saturated rings. The molecule has 0 unspecified atom stereocenters. The molecule has 0 aromatic carbocycles. The summed E-state index contributed by atoms with van der Waals surface area (Å²) in [7, 11) is 0. The number of Topliss-reactive ketones (excluding diaryl/α,β-unsaturated/α-hetero) is 1. The number of carbonyl (C=O) groups excluding carboxylic acids is 2.